The molecule has 5 rings (SSSR count). The number of halogens is 5. The zero-order valence-electron chi connectivity index (χ0n) is 21.0. The van der Waals surface area contributed by atoms with E-state index in [1.165, 1.54) is 24.3 Å². The van der Waals surface area contributed by atoms with Crippen molar-refractivity contribution in [2.45, 2.75) is 38.4 Å². The van der Waals surface area contributed by atoms with Crippen LogP contribution in [-0.4, -0.2) is 49.6 Å². The Hall–Kier alpha value is -4.55. The van der Waals surface area contributed by atoms with E-state index in [0.29, 0.717) is 35.1 Å². The number of imidazole rings is 1. The van der Waals surface area contributed by atoms with Gasteiger partial charge in [0.05, 0.1) is 17.1 Å². The van der Waals surface area contributed by atoms with Gasteiger partial charge in [0.1, 0.15) is 17.2 Å². The smallest absolute Gasteiger partial charge is 0.475 e. The number of carbonyl (C=O) groups excluding carboxylic acids is 1. The van der Waals surface area contributed by atoms with Gasteiger partial charge in [-0.2, -0.15) is 13.2 Å². The number of alkyl halides is 5. The highest BCUT2D eigenvalue weighted by molar-refractivity contribution is 5.82. The number of carboxylic acids is 1. The summed E-state index contributed by atoms with van der Waals surface area (Å²) in [6, 6.07) is 15.0. The number of benzene rings is 2. The Morgan fingerprint density at radius 3 is 2.40 bits per heavy atom. The van der Waals surface area contributed by atoms with E-state index in [1.807, 2.05) is 35.2 Å². The normalized spacial score (nSPS) is 15.2. The van der Waals surface area contributed by atoms with Crippen LogP contribution in [0, 0.1) is 0 Å². The molecule has 1 fully saturated rings. The third-order valence-corrected chi connectivity index (χ3v) is 6.14. The number of H-pyrrole nitrogens is 1. The number of pyridine rings is 1. The van der Waals surface area contributed by atoms with Crippen molar-refractivity contribution in [1.82, 2.24) is 19.9 Å². The number of carboxylic acid groups (broad SMARTS) is 1. The molecule has 2 aromatic carbocycles. The van der Waals surface area contributed by atoms with Crippen LogP contribution in [0.3, 0.4) is 0 Å². The van der Waals surface area contributed by atoms with E-state index in [4.69, 9.17) is 14.6 Å². The Kier molecular flexibility index (Phi) is 8.31. The second-order valence-electron chi connectivity index (χ2n) is 8.85. The Morgan fingerprint density at radius 1 is 1.12 bits per heavy atom. The van der Waals surface area contributed by atoms with Crippen molar-refractivity contribution in [2.75, 3.05) is 6.54 Å². The van der Waals surface area contributed by atoms with E-state index in [2.05, 4.69) is 15.0 Å². The van der Waals surface area contributed by atoms with Crippen LogP contribution in [0.5, 0.6) is 11.5 Å². The summed E-state index contributed by atoms with van der Waals surface area (Å²) in [7, 11) is 0. The van der Waals surface area contributed by atoms with E-state index < -0.39 is 18.6 Å². The van der Waals surface area contributed by atoms with Gasteiger partial charge in [-0.15, -0.1) is 0 Å². The first-order valence-corrected chi connectivity index (χ1v) is 12.0. The molecule has 1 saturated heterocycles. The van der Waals surface area contributed by atoms with Crippen LogP contribution in [0.4, 0.5) is 22.0 Å². The maximum Gasteiger partial charge on any atom is 0.490 e. The summed E-state index contributed by atoms with van der Waals surface area (Å²) in [5, 5.41) is 7.12. The molecule has 210 valence electrons. The van der Waals surface area contributed by atoms with Crippen LogP contribution in [0.1, 0.15) is 43.4 Å². The Morgan fingerprint density at radius 2 is 1.82 bits per heavy atom. The Bertz CT molecular complexity index is 1490. The monoisotopic (exact) mass is 562 g/mol. The summed E-state index contributed by atoms with van der Waals surface area (Å²) in [5.74, 6) is -1.14. The fourth-order valence-corrected chi connectivity index (χ4v) is 4.30. The molecule has 13 heteroatoms. The molecular weight excluding hydrogens is 539 g/mol. The predicted octanol–water partition coefficient (Wildman–Crippen LogP) is 6.67. The molecule has 0 spiro atoms. The van der Waals surface area contributed by atoms with Gasteiger partial charge in [0, 0.05) is 36.9 Å². The van der Waals surface area contributed by atoms with Crippen LogP contribution in [0.25, 0.3) is 22.6 Å². The molecule has 0 bridgehead atoms. The average Bonchev–Trinajstić information content (AvgIpc) is 3.56. The molecule has 0 saturated carbocycles. The van der Waals surface area contributed by atoms with Crippen molar-refractivity contribution < 1.29 is 41.4 Å². The number of fused-ring (bicyclic) bond motifs is 1. The van der Waals surface area contributed by atoms with E-state index >= 15 is 0 Å². The summed E-state index contributed by atoms with van der Waals surface area (Å²) >= 11 is 0. The number of hydrogen-bond donors (Lipinski definition) is 2. The van der Waals surface area contributed by atoms with Crippen molar-refractivity contribution in [3.63, 3.8) is 0 Å². The zero-order chi connectivity index (χ0) is 29.0. The number of aromatic nitrogens is 3. The number of hydrogen-bond acceptors (Lipinski definition) is 5. The van der Waals surface area contributed by atoms with Crippen molar-refractivity contribution in [2.24, 2.45) is 0 Å². The zero-order valence-corrected chi connectivity index (χ0v) is 21.0. The third kappa shape index (κ3) is 6.53. The van der Waals surface area contributed by atoms with Gasteiger partial charge in [-0.25, -0.2) is 18.6 Å². The van der Waals surface area contributed by atoms with Gasteiger partial charge in [0.25, 0.3) is 6.43 Å². The van der Waals surface area contributed by atoms with Gasteiger partial charge in [-0.3, -0.25) is 9.78 Å². The molecule has 2 N–H and O–H groups in total. The van der Waals surface area contributed by atoms with Crippen LogP contribution < -0.4 is 4.74 Å². The highest BCUT2D eigenvalue weighted by atomic mass is 19.4. The number of ether oxygens (including phenoxy) is 1. The molecule has 0 aliphatic carbocycles. The molecule has 1 aliphatic rings. The highest BCUT2D eigenvalue weighted by Gasteiger charge is 2.38. The van der Waals surface area contributed by atoms with Gasteiger partial charge in [-0.05, 0) is 55.3 Å². The Balaban J connectivity index is 0.000000470. The van der Waals surface area contributed by atoms with Crippen molar-refractivity contribution in [1.29, 1.82) is 0 Å². The van der Waals surface area contributed by atoms with Crippen molar-refractivity contribution >= 4 is 22.9 Å². The topological polar surface area (TPSA) is 108 Å². The van der Waals surface area contributed by atoms with Crippen molar-refractivity contribution in [3.05, 3.63) is 71.9 Å². The quantitative estimate of drug-likeness (QED) is 0.263. The molecule has 1 unspecified atom stereocenters. The molecule has 40 heavy (non-hydrogen) atoms. The van der Waals surface area contributed by atoms with Gasteiger partial charge in [-0.1, -0.05) is 6.07 Å². The van der Waals surface area contributed by atoms with Crippen LogP contribution in [-0.2, 0) is 9.59 Å². The lowest BCUT2D eigenvalue weighted by atomic mass is 10.0. The lowest BCUT2D eigenvalue weighted by Crippen LogP contribution is -2.28. The third-order valence-electron chi connectivity index (χ3n) is 6.14. The largest absolute Gasteiger partial charge is 0.490 e. The van der Waals surface area contributed by atoms with Gasteiger partial charge in [0.2, 0.25) is 5.91 Å². The number of carbonyl (C=O) groups is 2. The van der Waals surface area contributed by atoms with Crippen LogP contribution in [0.15, 0.2) is 60.8 Å². The summed E-state index contributed by atoms with van der Waals surface area (Å²) in [5.41, 5.74) is 2.99. The highest BCUT2D eigenvalue weighted by Crippen LogP contribution is 2.41. The summed E-state index contributed by atoms with van der Waals surface area (Å²) in [4.78, 5) is 35.3. The van der Waals surface area contributed by atoms with Crippen molar-refractivity contribution in [3.8, 4) is 23.0 Å². The summed E-state index contributed by atoms with van der Waals surface area (Å²) in [6.07, 6.45) is -4.21. The SMILES string of the molecule is CC(=O)N1CCCC1c1cc2[nH]c(-c3ccccn3)nc2cc1Oc1ccc(C(F)F)cc1.O=C(O)C(F)(F)F. The predicted molar refractivity (Wildman–Crippen MR) is 134 cm³/mol. The lowest BCUT2D eigenvalue weighted by Gasteiger charge is -2.25. The second-order valence-corrected chi connectivity index (χ2v) is 8.85. The molecule has 1 amide bonds. The minimum absolute atomic E-state index is 0.00335. The number of aliphatic carboxylic acids is 1. The number of amides is 1. The maximum absolute atomic E-state index is 12.9. The first-order valence-electron chi connectivity index (χ1n) is 12.0. The minimum Gasteiger partial charge on any atom is -0.475 e. The van der Waals surface area contributed by atoms with E-state index in [1.54, 1.807) is 13.1 Å². The van der Waals surface area contributed by atoms with Gasteiger partial charge < -0.3 is 19.7 Å². The molecule has 8 nitrogen and oxygen atoms in total. The molecular formula is C27H23F5N4O4. The fraction of sp³-hybridized carbons (Fsp3) is 0.259. The molecule has 1 atom stereocenters. The van der Waals surface area contributed by atoms with Crippen LogP contribution >= 0.6 is 0 Å². The average molecular weight is 562 g/mol. The summed E-state index contributed by atoms with van der Waals surface area (Å²) < 4.78 is 63.8. The first-order chi connectivity index (χ1) is 18.9. The van der Waals surface area contributed by atoms with E-state index in [0.717, 1.165) is 23.9 Å². The minimum atomic E-state index is -5.08. The molecule has 3 heterocycles. The van der Waals surface area contributed by atoms with Gasteiger partial charge >= 0.3 is 12.1 Å². The Labute approximate surface area is 224 Å². The molecule has 0 radical (unpaired) electrons. The second kappa shape index (κ2) is 11.7. The number of nitrogens with zero attached hydrogens (tertiary/aromatic N) is 3. The van der Waals surface area contributed by atoms with Gasteiger partial charge in [0.15, 0.2) is 5.82 Å². The number of nitrogens with one attached hydrogen (secondary N) is 1. The fourth-order valence-electron chi connectivity index (χ4n) is 4.30. The standard InChI is InChI=1S/C25H22F2N4O2.C2HF3O2/c1-15(32)31-12-4-6-22(31)18-13-20-21(30-25(29-20)19-5-2-3-11-28-19)14-23(18)33-17-9-7-16(8-10-17)24(26)27;3-2(4,5)1(6)7/h2-3,5,7-11,13-14,22,24H,4,6,12H2,1H3,(H,29,30);(H,6,7). The molecule has 2 aromatic heterocycles. The maximum atomic E-state index is 12.9. The first kappa shape index (κ1) is 28.5. The molecule has 1 aliphatic heterocycles. The molecule has 4 aromatic rings. The summed E-state index contributed by atoms with van der Waals surface area (Å²) in [6.45, 7) is 2.25. The number of likely N-dealkylation sites (tertiary alicyclic amines) is 1. The van der Waals surface area contributed by atoms with E-state index in [-0.39, 0.29) is 17.5 Å². The van der Waals surface area contributed by atoms with E-state index in [9.17, 15) is 26.7 Å². The lowest BCUT2D eigenvalue weighted by molar-refractivity contribution is -0.192. The number of rotatable bonds is 5. The van der Waals surface area contributed by atoms with Crippen LogP contribution in [0.2, 0.25) is 0 Å². The number of aromatic amines is 1.